The lowest BCUT2D eigenvalue weighted by Gasteiger charge is -2.16. The van der Waals surface area contributed by atoms with Crippen molar-refractivity contribution in [1.82, 2.24) is 0 Å². The number of carbonyl (C=O) groups excluding carboxylic acids is 1. The van der Waals surface area contributed by atoms with Gasteiger partial charge in [-0.05, 0) is 42.9 Å². The van der Waals surface area contributed by atoms with Gasteiger partial charge >= 0.3 is 5.97 Å². The first-order chi connectivity index (χ1) is 8.58. The van der Waals surface area contributed by atoms with Crippen LogP contribution in [0.25, 0.3) is 0 Å². The predicted octanol–water partition coefficient (Wildman–Crippen LogP) is 2.86. The van der Waals surface area contributed by atoms with Crippen LogP contribution in [0.3, 0.4) is 0 Å². The number of Topliss-reactive ketones (excluding diaryl/α,β-unsaturated/α-hetero) is 1. The molecule has 1 unspecified atom stereocenters. The van der Waals surface area contributed by atoms with Gasteiger partial charge in [0, 0.05) is 12.0 Å². The summed E-state index contributed by atoms with van der Waals surface area (Å²) in [6, 6.07) is 5.81. The van der Waals surface area contributed by atoms with Gasteiger partial charge in [0.05, 0.1) is 5.92 Å². The maximum atomic E-state index is 12.0. The lowest BCUT2D eigenvalue weighted by molar-refractivity contribution is -0.141. The van der Waals surface area contributed by atoms with E-state index in [-0.39, 0.29) is 12.2 Å². The van der Waals surface area contributed by atoms with Crippen molar-refractivity contribution in [3.63, 3.8) is 0 Å². The van der Waals surface area contributed by atoms with Gasteiger partial charge in [0.1, 0.15) is 0 Å². The van der Waals surface area contributed by atoms with Crippen molar-refractivity contribution in [2.75, 3.05) is 0 Å². The Morgan fingerprint density at radius 1 is 1.22 bits per heavy atom. The Morgan fingerprint density at radius 2 is 1.89 bits per heavy atom. The Morgan fingerprint density at radius 3 is 2.56 bits per heavy atom. The van der Waals surface area contributed by atoms with Crippen molar-refractivity contribution in [3.8, 4) is 0 Å². The molecule has 0 spiro atoms. The van der Waals surface area contributed by atoms with Crippen LogP contribution in [0.5, 0.6) is 0 Å². The summed E-state index contributed by atoms with van der Waals surface area (Å²) in [4.78, 5) is 22.7. The number of fused-ring (bicyclic) bond motifs is 1. The first kappa shape index (κ1) is 12.8. The summed E-state index contributed by atoms with van der Waals surface area (Å²) in [7, 11) is 0. The number of aliphatic carboxylic acids is 1. The molecule has 18 heavy (non-hydrogen) atoms. The summed E-state index contributed by atoms with van der Waals surface area (Å²) < 4.78 is 0. The lowest BCUT2D eigenvalue weighted by Crippen LogP contribution is -2.15. The van der Waals surface area contributed by atoms with Crippen LogP contribution in [0.2, 0.25) is 0 Å². The molecule has 3 nitrogen and oxygen atoms in total. The minimum Gasteiger partial charge on any atom is -0.481 e. The summed E-state index contributed by atoms with van der Waals surface area (Å²) in [5, 5.41) is 8.82. The molecule has 1 atom stereocenters. The fraction of sp³-hybridized carbons (Fsp3) is 0.467. The van der Waals surface area contributed by atoms with Crippen LogP contribution >= 0.6 is 0 Å². The molecule has 1 N–H and O–H groups in total. The van der Waals surface area contributed by atoms with Crippen LogP contribution in [0, 0.1) is 5.92 Å². The molecular weight excluding hydrogens is 228 g/mol. The molecule has 0 fully saturated rings. The van der Waals surface area contributed by atoms with E-state index in [0.29, 0.717) is 5.56 Å². The van der Waals surface area contributed by atoms with Gasteiger partial charge < -0.3 is 5.11 Å². The minimum atomic E-state index is -0.915. The van der Waals surface area contributed by atoms with Crippen LogP contribution in [-0.2, 0) is 17.6 Å². The van der Waals surface area contributed by atoms with Gasteiger partial charge in [-0.25, -0.2) is 0 Å². The number of carboxylic acid groups (broad SMARTS) is 1. The molecule has 1 aliphatic rings. The topological polar surface area (TPSA) is 54.4 Å². The molecule has 0 aromatic heterocycles. The number of carbonyl (C=O) groups is 2. The maximum Gasteiger partial charge on any atom is 0.306 e. The van der Waals surface area contributed by atoms with Crippen molar-refractivity contribution in [3.05, 3.63) is 34.9 Å². The fourth-order valence-electron chi connectivity index (χ4n) is 2.39. The summed E-state index contributed by atoms with van der Waals surface area (Å²) in [6.45, 7) is 1.57. The van der Waals surface area contributed by atoms with E-state index in [9.17, 15) is 9.59 Å². The molecule has 1 aliphatic carbocycles. The number of benzene rings is 1. The summed E-state index contributed by atoms with van der Waals surface area (Å²) in [6.07, 6.45) is 4.60. The first-order valence-electron chi connectivity index (χ1n) is 6.45. The lowest BCUT2D eigenvalue weighted by atomic mass is 9.89. The molecule has 0 heterocycles. The zero-order valence-electron chi connectivity index (χ0n) is 10.6. The number of rotatable bonds is 4. The highest BCUT2D eigenvalue weighted by atomic mass is 16.4. The fourth-order valence-corrected chi connectivity index (χ4v) is 2.39. The molecule has 0 radical (unpaired) electrons. The van der Waals surface area contributed by atoms with Gasteiger partial charge in [0.15, 0.2) is 5.78 Å². The smallest absolute Gasteiger partial charge is 0.306 e. The van der Waals surface area contributed by atoms with Gasteiger partial charge in [0.25, 0.3) is 0 Å². The first-order valence-corrected chi connectivity index (χ1v) is 6.45. The Kier molecular flexibility index (Phi) is 3.80. The highest BCUT2D eigenvalue weighted by Gasteiger charge is 2.18. The summed E-state index contributed by atoms with van der Waals surface area (Å²) in [5.74, 6) is -1.60. The number of carboxylic acids is 1. The predicted molar refractivity (Wildman–Crippen MR) is 68.8 cm³/mol. The standard InChI is InChI=1S/C15H18O3/c1-10(15(17)18)8-14(16)13-7-6-11-4-2-3-5-12(11)9-13/h6-7,9-10H,2-5,8H2,1H3,(H,17,18). The molecule has 1 aromatic carbocycles. The number of hydrogen-bond donors (Lipinski definition) is 1. The van der Waals surface area contributed by atoms with Crippen molar-refractivity contribution >= 4 is 11.8 Å². The van der Waals surface area contributed by atoms with Crippen molar-refractivity contribution < 1.29 is 14.7 Å². The van der Waals surface area contributed by atoms with E-state index in [1.165, 1.54) is 24.0 Å². The quantitative estimate of drug-likeness (QED) is 0.831. The second kappa shape index (κ2) is 5.34. The van der Waals surface area contributed by atoms with Crippen molar-refractivity contribution in [1.29, 1.82) is 0 Å². The van der Waals surface area contributed by atoms with E-state index in [1.807, 2.05) is 18.2 Å². The Labute approximate surface area is 107 Å². The molecule has 0 saturated carbocycles. The molecule has 0 amide bonds. The van der Waals surface area contributed by atoms with Gasteiger partial charge in [-0.15, -0.1) is 0 Å². The van der Waals surface area contributed by atoms with Crippen LogP contribution in [0.15, 0.2) is 18.2 Å². The van der Waals surface area contributed by atoms with Crippen molar-refractivity contribution in [2.45, 2.75) is 39.0 Å². The second-order valence-corrected chi connectivity index (χ2v) is 5.06. The van der Waals surface area contributed by atoms with Crippen molar-refractivity contribution in [2.24, 2.45) is 5.92 Å². The number of aryl methyl sites for hydroxylation is 2. The molecule has 2 rings (SSSR count). The van der Waals surface area contributed by atoms with Crippen LogP contribution in [0.4, 0.5) is 0 Å². The van der Waals surface area contributed by atoms with E-state index in [0.717, 1.165) is 12.8 Å². The zero-order valence-corrected chi connectivity index (χ0v) is 10.6. The monoisotopic (exact) mass is 246 g/mol. The third-order valence-corrected chi connectivity index (χ3v) is 3.58. The Bertz CT molecular complexity index is 477. The van der Waals surface area contributed by atoms with Crippen LogP contribution < -0.4 is 0 Å². The number of ketones is 1. The number of hydrogen-bond acceptors (Lipinski definition) is 2. The van der Waals surface area contributed by atoms with E-state index in [2.05, 4.69) is 0 Å². The van der Waals surface area contributed by atoms with Crippen LogP contribution in [-0.4, -0.2) is 16.9 Å². The molecule has 0 aliphatic heterocycles. The van der Waals surface area contributed by atoms with Gasteiger partial charge in [-0.2, -0.15) is 0 Å². The largest absolute Gasteiger partial charge is 0.481 e. The van der Waals surface area contributed by atoms with E-state index < -0.39 is 11.9 Å². The summed E-state index contributed by atoms with van der Waals surface area (Å²) >= 11 is 0. The Hall–Kier alpha value is -1.64. The second-order valence-electron chi connectivity index (χ2n) is 5.06. The third-order valence-electron chi connectivity index (χ3n) is 3.58. The maximum absolute atomic E-state index is 12.0. The SMILES string of the molecule is CC(CC(=O)c1ccc2c(c1)CCCC2)C(=O)O. The molecule has 1 aromatic rings. The highest BCUT2D eigenvalue weighted by molar-refractivity contribution is 5.98. The molecule has 0 saturated heterocycles. The average molecular weight is 246 g/mol. The van der Waals surface area contributed by atoms with E-state index >= 15 is 0 Å². The van der Waals surface area contributed by atoms with Gasteiger partial charge in [-0.1, -0.05) is 19.1 Å². The van der Waals surface area contributed by atoms with E-state index in [1.54, 1.807) is 6.92 Å². The Balaban J connectivity index is 2.13. The van der Waals surface area contributed by atoms with Crippen LogP contribution in [0.1, 0.15) is 47.7 Å². The minimum absolute atomic E-state index is 0.0710. The molecular formula is C15H18O3. The summed E-state index contributed by atoms with van der Waals surface area (Å²) in [5.41, 5.74) is 3.25. The average Bonchev–Trinajstić information content (AvgIpc) is 2.37. The molecule has 0 bridgehead atoms. The highest BCUT2D eigenvalue weighted by Crippen LogP contribution is 2.23. The van der Waals surface area contributed by atoms with Gasteiger partial charge in [0.2, 0.25) is 0 Å². The molecule has 96 valence electrons. The zero-order chi connectivity index (χ0) is 13.1. The molecule has 3 heteroatoms. The normalized spacial score (nSPS) is 15.8. The van der Waals surface area contributed by atoms with E-state index in [4.69, 9.17) is 5.11 Å². The van der Waals surface area contributed by atoms with Gasteiger partial charge in [-0.3, -0.25) is 9.59 Å². The third kappa shape index (κ3) is 2.78.